The van der Waals surface area contributed by atoms with Gasteiger partial charge in [-0.3, -0.25) is 4.79 Å². The molecule has 0 aliphatic carbocycles. The summed E-state index contributed by atoms with van der Waals surface area (Å²) in [7, 11) is 3.34. The quantitative estimate of drug-likeness (QED) is 0.737. The van der Waals surface area contributed by atoms with Crippen LogP contribution in [0.5, 0.6) is 5.75 Å². The van der Waals surface area contributed by atoms with Gasteiger partial charge in [0.25, 0.3) is 5.91 Å². The largest absolute Gasteiger partial charge is 0.495 e. The van der Waals surface area contributed by atoms with Crippen molar-refractivity contribution in [2.24, 2.45) is 7.05 Å². The fourth-order valence-electron chi connectivity index (χ4n) is 3.47. The molecule has 4 rings (SSSR count). The third-order valence-electron chi connectivity index (χ3n) is 4.94. The van der Waals surface area contributed by atoms with E-state index in [-0.39, 0.29) is 12.0 Å². The Morgan fingerprint density at radius 1 is 1.21 bits per heavy atom. The molecule has 2 aliphatic heterocycles. The number of hydrogen-bond donors (Lipinski definition) is 0. The number of morpholine rings is 2. The van der Waals surface area contributed by atoms with Crippen molar-refractivity contribution >= 4 is 11.6 Å². The molecule has 3 heterocycles. The van der Waals surface area contributed by atoms with E-state index in [1.54, 1.807) is 25.1 Å². The van der Waals surface area contributed by atoms with Gasteiger partial charge in [0.2, 0.25) is 5.82 Å². The van der Waals surface area contributed by atoms with Crippen LogP contribution in [0.25, 0.3) is 0 Å². The van der Waals surface area contributed by atoms with Gasteiger partial charge in [-0.25, -0.2) is 0 Å². The molecule has 1 unspecified atom stereocenters. The average Bonchev–Trinajstić information content (AvgIpc) is 3.20. The molecule has 28 heavy (non-hydrogen) atoms. The molecule has 10 heteroatoms. The molecule has 0 N–H and O–H groups in total. The van der Waals surface area contributed by atoms with E-state index in [0.29, 0.717) is 44.3 Å². The fraction of sp³-hybridized carbons (Fsp3) is 0.556. The van der Waals surface area contributed by atoms with Crippen molar-refractivity contribution < 1.29 is 19.0 Å². The number of rotatable bonds is 4. The summed E-state index contributed by atoms with van der Waals surface area (Å²) in [6.07, 6.45) is -0.372. The number of nitrogens with zero attached hydrogens (tertiary/aromatic N) is 6. The molecule has 150 valence electrons. The summed E-state index contributed by atoms with van der Waals surface area (Å²) in [5, 5.41) is 12.0. The fourth-order valence-corrected chi connectivity index (χ4v) is 3.47. The van der Waals surface area contributed by atoms with Gasteiger partial charge in [-0.05, 0) is 23.4 Å². The van der Waals surface area contributed by atoms with Crippen molar-refractivity contribution in [1.29, 1.82) is 0 Å². The monoisotopic (exact) mass is 388 g/mol. The Morgan fingerprint density at radius 3 is 2.75 bits per heavy atom. The van der Waals surface area contributed by atoms with Gasteiger partial charge in [0.15, 0.2) is 0 Å². The molecule has 2 fully saturated rings. The second kappa shape index (κ2) is 8.11. The predicted molar refractivity (Wildman–Crippen MR) is 99.4 cm³/mol. The lowest BCUT2D eigenvalue weighted by molar-refractivity contribution is -0.0269. The van der Waals surface area contributed by atoms with E-state index in [9.17, 15) is 4.79 Å². The third kappa shape index (κ3) is 3.78. The molecule has 1 aromatic heterocycles. The molecular weight excluding hydrogens is 364 g/mol. The van der Waals surface area contributed by atoms with E-state index in [0.717, 1.165) is 24.5 Å². The number of aryl methyl sites for hydroxylation is 1. The normalized spacial score (nSPS) is 20.3. The molecule has 0 bridgehead atoms. The Balaban J connectivity index is 1.53. The van der Waals surface area contributed by atoms with Crippen LogP contribution in [0.4, 0.5) is 5.69 Å². The summed E-state index contributed by atoms with van der Waals surface area (Å²) < 4.78 is 16.7. The first-order chi connectivity index (χ1) is 13.7. The summed E-state index contributed by atoms with van der Waals surface area (Å²) in [6, 6.07) is 5.55. The highest BCUT2D eigenvalue weighted by Gasteiger charge is 2.29. The van der Waals surface area contributed by atoms with Crippen molar-refractivity contribution in [3.63, 3.8) is 0 Å². The smallest absolute Gasteiger partial charge is 0.254 e. The molecule has 1 atom stereocenters. The van der Waals surface area contributed by atoms with Crippen molar-refractivity contribution in [3.05, 3.63) is 29.6 Å². The number of carbonyl (C=O) groups is 1. The molecule has 2 saturated heterocycles. The first-order valence-corrected chi connectivity index (χ1v) is 9.31. The number of amides is 1. The lowest BCUT2D eigenvalue weighted by Gasteiger charge is -2.33. The van der Waals surface area contributed by atoms with Crippen LogP contribution < -0.4 is 9.64 Å². The van der Waals surface area contributed by atoms with Crippen LogP contribution in [0.2, 0.25) is 0 Å². The standard InChI is InChI=1S/C18H24N6O4/c1-22-20-17(19-21-22)16-12-24(7-10-28-16)18(25)13-3-4-15(26-2)14(11-13)23-5-8-27-9-6-23/h3-4,11,16H,5-10,12H2,1-2H3. The summed E-state index contributed by atoms with van der Waals surface area (Å²) in [4.78, 5) is 18.5. The Kier molecular flexibility index (Phi) is 5.40. The molecule has 1 aromatic carbocycles. The number of hydrogen-bond acceptors (Lipinski definition) is 8. The van der Waals surface area contributed by atoms with Crippen molar-refractivity contribution in [1.82, 2.24) is 25.1 Å². The van der Waals surface area contributed by atoms with Crippen molar-refractivity contribution in [2.75, 3.05) is 58.0 Å². The molecule has 0 saturated carbocycles. The maximum atomic E-state index is 13.1. The zero-order valence-corrected chi connectivity index (χ0v) is 16.1. The van der Waals surface area contributed by atoms with Gasteiger partial charge in [-0.2, -0.15) is 4.80 Å². The number of benzene rings is 1. The molecule has 0 radical (unpaired) electrons. The van der Waals surface area contributed by atoms with E-state index in [1.165, 1.54) is 4.80 Å². The van der Waals surface area contributed by atoms with Gasteiger partial charge in [-0.1, -0.05) is 0 Å². The van der Waals surface area contributed by atoms with E-state index < -0.39 is 0 Å². The van der Waals surface area contributed by atoms with Crippen molar-refractivity contribution in [3.8, 4) is 5.75 Å². The molecular formula is C18H24N6O4. The molecule has 2 aliphatic rings. The summed E-state index contributed by atoms with van der Waals surface area (Å²) in [6.45, 7) is 4.21. The summed E-state index contributed by atoms with van der Waals surface area (Å²) in [5.74, 6) is 1.19. The number of aromatic nitrogens is 4. The van der Waals surface area contributed by atoms with E-state index >= 15 is 0 Å². The highest BCUT2D eigenvalue weighted by molar-refractivity contribution is 5.95. The van der Waals surface area contributed by atoms with Gasteiger partial charge in [-0.15, -0.1) is 10.2 Å². The maximum Gasteiger partial charge on any atom is 0.254 e. The van der Waals surface area contributed by atoms with Crippen LogP contribution in [0.1, 0.15) is 22.3 Å². The van der Waals surface area contributed by atoms with Crippen LogP contribution in [-0.2, 0) is 16.5 Å². The van der Waals surface area contributed by atoms with E-state index in [2.05, 4.69) is 20.3 Å². The molecule has 10 nitrogen and oxygen atoms in total. The second-order valence-corrected chi connectivity index (χ2v) is 6.73. The predicted octanol–water partition coefficient (Wildman–Crippen LogP) is 0.269. The second-order valence-electron chi connectivity index (χ2n) is 6.73. The lowest BCUT2D eigenvalue weighted by atomic mass is 10.1. The number of anilines is 1. The average molecular weight is 388 g/mol. The van der Waals surface area contributed by atoms with Gasteiger partial charge in [0.05, 0.1) is 46.2 Å². The SMILES string of the molecule is COc1ccc(C(=O)N2CCOC(c3nnn(C)n3)C2)cc1N1CCOCC1. The minimum Gasteiger partial charge on any atom is -0.495 e. The Labute approximate surface area is 162 Å². The number of ether oxygens (including phenoxy) is 3. The van der Waals surface area contributed by atoms with Crippen LogP contribution in [0.15, 0.2) is 18.2 Å². The van der Waals surface area contributed by atoms with E-state index in [1.807, 2.05) is 12.1 Å². The lowest BCUT2D eigenvalue weighted by Crippen LogP contribution is -2.42. The highest BCUT2D eigenvalue weighted by Crippen LogP contribution is 2.31. The zero-order chi connectivity index (χ0) is 19.5. The van der Waals surface area contributed by atoms with Gasteiger partial charge in [0, 0.05) is 25.2 Å². The maximum absolute atomic E-state index is 13.1. The van der Waals surface area contributed by atoms with Crippen molar-refractivity contribution in [2.45, 2.75) is 6.10 Å². The third-order valence-corrected chi connectivity index (χ3v) is 4.94. The minimum atomic E-state index is -0.372. The van der Waals surface area contributed by atoms with Crippen LogP contribution in [-0.4, -0.2) is 84.1 Å². The topological polar surface area (TPSA) is 94.8 Å². The summed E-state index contributed by atoms with van der Waals surface area (Å²) >= 11 is 0. The van der Waals surface area contributed by atoms with E-state index in [4.69, 9.17) is 14.2 Å². The summed E-state index contributed by atoms with van der Waals surface area (Å²) in [5.41, 5.74) is 1.53. The zero-order valence-electron chi connectivity index (χ0n) is 16.1. The van der Waals surface area contributed by atoms with Crippen LogP contribution in [0.3, 0.4) is 0 Å². The number of methoxy groups -OCH3 is 1. The Morgan fingerprint density at radius 2 is 2.04 bits per heavy atom. The first-order valence-electron chi connectivity index (χ1n) is 9.31. The first kappa shape index (κ1) is 18.6. The molecule has 2 aromatic rings. The molecule has 1 amide bonds. The minimum absolute atomic E-state index is 0.0469. The van der Waals surface area contributed by atoms with Gasteiger partial charge < -0.3 is 24.0 Å². The number of tetrazole rings is 1. The van der Waals surface area contributed by atoms with Crippen LogP contribution in [0, 0.1) is 0 Å². The molecule has 0 spiro atoms. The van der Waals surface area contributed by atoms with Crippen LogP contribution >= 0.6 is 0 Å². The van der Waals surface area contributed by atoms with Gasteiger partial charge >= 0.3 is 0 Å². The van der Waals surface area contributed by atoms with Gasteiger partial charge in [0.1, 0.15) is 11.9 Å². The Hall–Kier alpha value is -2.72. The Bertz CT molecular complexity index is 835. The highest BCUT2D eigenvalue weighted by atomic mass is 16.5. The number of carbonyl (C=O) groups excluding carboxylic acids is 1.